The number of hydrazine groups is 1. The van der Waals surface area contributed by atoms with Crippen LogP contribution in [0.5, 0.6) is 17.2 Å². The van der Waals surface area contributed by atoms with Gasteiger partial charge >= 0.3 is 12.1 Å². The van der Waals surface area contributed by atoms with Crippen LogP contribution in [0.2, 0.25) is 0 Å². The van der Waals surface area contributed by atoms with Gasteiger partial charge in [-0.2, -0.15) is 13.2 Å². The van der Waals surface area contributed by atoms with E-state index in [-0.39, 0.29) is 17.4 Å². The minimum Gasteiger partial charge on any atom is -0.490 e. The van der Waals surface area contributed by atoms with Crippen LogP contribution < -0.4 is 36.1 Å². The number of halogens is 3. The number of nitrogens with one attached hydrogen (secondary N) is 4. The number of nitrogens with two attached hydrogens (primary N) is 1. The number of nitrogen functional groups attached to an aromatic ring is 1. The third-order valence-electron chi connectivity index (χ3n) is 5.25. The third kappa shape index (κ3) is 8.49. The molecule has 0 radical (unpaired) electrons. The first-order chi connectivity index (χ1) is 19.4. The number of ether oxygens (including phenoxy) is 3. The van der Waals surface area contributed by atoms with Crippen molar-refractivity contribution in [3.8, 4) is 17.2 Å². The van der Waals surface area contributed by atoms with E-state index in [0.717, 1.165) is 6.07 Å². The van der Waals surface area contributed by atoms with Crippen molar-refractivity contribution in [3.05, 3.63) is 72.1 Å². The van der Waals surface area contributed by atoms with Crippen molar-refractivity contribution in [2.75, 3.05) is 17.3 Å². The van der Waals surface area contributed by atoms with Crippen molar-refractivity contribution < 1.29 is 37.0 Å². The summed E-state index contributed by atoms with van der Waals surface area (Å²) in [6.45, 7) is 5.79. The number of amides is 1. The van der Waals surface area contributed by atoms with Crippen LogP contribution in [0.3, 0.4) is 0 Å². The second-order valence-electron chi connectivity index (χ2n) is 8.75. The lowest BCUT2D eigenvalue weighted by molar-refractivity contribution is -0.189. The Labute approximate surface area is 233 Å². The van der Waals surface area contributed by atoms with Gasteiger partial charge in [0.25, 0.3) is 5.91 Å². The molecule has 0 saturated carbocycles. The number of esters is 1. The number of carbonyl (C=O) groups excluding carboxylic acids is 2. The lowest BCUT2D eigenvalue weighted by Gasteiger charge is -2.23. The van der Waals surface area contributed by atoms with Crippen molar-refractivity contribution in [1.29, 1.82) is 5.41 Å². The summed E-state index contributed by atoms with van der Waals surface area (Å²) in [6, 6.07) is 10.6. The second kappa shape index (κ2) is 13.4. The number of alkyl halides is 3. The van der Waals surface area contributed by atoms with Gasteiger partial charge in [-0.15, -0.1) is 0 Å². The normalized spacial score (nSPS) is 11.8. The molecule has 0 aliphatic carbocycles. The summed E-state index contributed by atoms with van der Waals surface area (Å²) in [5, 5.41) is 10.6. The molecule has 14 heteroatoms. The second-order valence-corrected chi connectivity index (χ2v) is 8.75. The summed E-state index contributed by atoms with van der Waals surface area (Å²) in [5.74, 6) is -3.51. The summed E-state index contributed by atoms with van der Waals surface area (Å²) in [5.41, 5.74) is 11.6. The maximum Gasteiger partial charge on any atom is 0.491 e. The zero-order valence-corrected chi connectivity index (χ0v) is 22.3. The zero-order valence-electron chi connectivity index (χ0n) is 22.3. The Kier molecular flexibility index (Phi) is 9.95. The monoisotopic (exact) mass is 574 g/mol. The molecule has 0 saturated heterocycles. The standard InChI is InChI=1S/C27H29F3N6O5/c1-4-39-22-13-16(5-8-20(22)40-15(2)3)23(25(37)36-35-17-9-11-33-12-10-17)34-18-6-7-19(24(31)32)21(14-18)41-26(38)27(28,29)30/h5-15,23,34H,4H2,1-3H3,(H3,31,32)(H,33,35)(H,36,37). The first-order valence-electron chi connectivity index (χ1n) is 12.3. The van der Waals surface area contributed by atoms with E-state index in [4.69, 9.17) is 20.6 Å². The van der Waals surface area contributed by atoms with Crippen molar-refractivity contribution in [3.63, 3.8) is 0 Å². The fourth-order valence-electron chi connectivity index (χ4n) is 3.51. The lowest BCUT2D eigenvalue weighted by atomic mass is 10.0. The Bertz CT molecular complexity index is 1390. The van der Waals surface area contributed by atoms with Crippen LogP contribution in [-0.4, -0.2) is 41.6 Å². The highest BCUT2D eigenvalue weighted by Gasteiger charge is 2.42. The Balaban J connectivity index is 2.00. The summed E-state index contributed by atoms with van der Waals surface area (Å²) in [6.07, 6.45) is -2.40. The molecule has 3 rings (SSSR count). The summed E-state index contributed by atoms with van der Waals surface area (Å²) < 4.78 is 54.6. The molecule has 1 atom stereocenters. The number of amidine groups is 1. The number of anilines is 2. The summed E-state index contributed by atoms with van der Waals surface area (Å²) in [7, 11) is 0. The molecule has 1 aromatic heterocycles. The number of aromatic nitrogens is 1. The van der Waals surface area contributed by atoms with Crippen molar-refractivity contribution in [2.45, 2.75) is 39.1 Å². The van der Waals surface area contributed by atoms with Crippen molar-refractivity contribution in [2.24, 2.45) is 5.73 Å². The van der Waals surface area contributed by atoms with Crippen LogP contribution in [0.4, 0.5) is 24.5 Å². The smallest absolute Gasteiger partial charge is 0.490 e. The highest BCUT2D eigenvalue weighted by atomic mass is 19.4. The van der Waals surface area contributed by atoms with Crippen molar-refractivity contribution >= 4 is 29.1 Å². The minimum atomic E-state index is -5.28. The fourth-order valence-corrected chi connectivity index (χ4v) is 3.51. The van der Waals surface area contributed by atoms with Gasteiger partial charge in [0.15, 0.2) is 11.5 Å². The summed E-state index contributed by atoms with van der Waals surface area (Å²) in [4.78, 5) is 28.8. The highest BCUT2D eigenvalue weighted by molar-refractivity contribution is 5.99. The largest absolute Gasteiger partial charge is 0.491 e. The van der Waals surface area contributed by atoms with Crippen molar-refractivity contribution in [1.82, 2.24) is 10.4 Å². The van der Waals surface area contributed by atoms with Crippen LogP contribution in [0.1, 0.15) is 37.9 Å². The van der Waals surface area contributed by atoms with Gasteiger partial charge < -0.3 is 25.3 Å². The fraction of sp³-hybridized carbons (Fsp3) is 0.259. The van der Waals surface area contributed by atoms with Gasteiger partial charge in [0.1, 0.15) is 17.6 Å². The van der Waals surface area contributed by atoms with E-state index < -0.39 is 35.7 Å². The van der Waals surface area contributed by atoms with Gasteiger partial charge in [-0.3, -0.25) is 26.0 Å². The lowest BCUT2D eigenvalue weighted by Crippen LogP contribution is -2.37. The Morgan fingerprint density at radius 2 is 1.71 bits per heavy atom. The molecule has 1 amide bonds. The molecule has 0 fully saturated rings. The average molecular weight is 575 g/mol. The zero-order chi connectivity index (χ0) is 30.2. The minimum absolute atomic E-state index is 0.0875. The van der Waals surface area contributed by atoms with Gasteiger partial charge in [0.2, 0.25) is 0 Å². The van der Waals surface area contributed by atoms with Crippen LogP contribution in [0.15, 0.2) is 60.9 Å². The SMILES string of the molecule is CCOc1cc(C(Nc2ccc(C(=N)N)c(OC(=O)C(F)(F)F)c2)C(=O)NNc2ccncc2)ccc1OC(C)C. The molecule has 1 unspecified atom stereocenters. The van der Waals surface area contributed by atoms with E-state index in [1.807, 2.05) is 13.8 Å². The molecule has 0 bridgehead atoms. The average Bonchev–Trinajstić information content (AvgIpc) is 2.91. The van der Waals surface area contributed by atoms with E-state index >= 15 is 0 Å². The van der Waals surface area contributed by atoms with E-state index in [9.17, 15) is 22.8 Å². The maximum atomic E-state index is 13.4. The number of rotatable bonds is 12. The van der Waals surface area contributed by atoms with Crippen LogP contribution >= 0.6 is 0 Å². The van der Waals surface area contributed by atoms with Gasteiger partial charge in [-0.05, 0) is 62.7 Å². The third-order valence-corrected chi connectivity index (χ3v) is 5.25. The van der Waals surface area contributed by atoms with Gasteiger partial charge in [0, 0.05) is 24.1 Å². The number of pyridine rings is 1. The Morgan fingerprint density at radius 3 is 2.32 bits per heavy atom. The van der Waals surface area contributed by atoms with Gasteiger partial charge in [-0.1, -0.05) is 6.07 Å². The van der Waals surface area contributed by atoms with E-state index in [0.29, 0.717) is 29.4 Å². The summed E-state index contributed by atoms with van der Waals surface area (Å²) >= 11 is 0. The first kappa shape index (κ1) is 30.5. The number of hydrogen-bond acceptors (Lipinski definition) is 9. The molecule has 2 aromatic carbocycles. The molecule has 41 heavy (non-hydrogen) atoms. The maximum absolute atomic E-state index is 13.4. The van der Waals surface area contributed by atoms with Crippen LogP contribution in [-0.2, 0) is 9.59 Å². The Morgan fingerprint density at radius 1 is 1.00 bits per heavy atom. The molecular weight excluding hydrogens is 545 g/mol. The first-order valence-corrected chi connectivity index (χ1v) is 12.3. The molecule has 0 spiro atoms. The van der Waals surface area contributed by atoms with Crippen LogP contribution in [0, 0.1) is 5.41 Å². The number of nitrogens with zero attached hydrogens (tertiary/aromatic N) is 1. The van der Waals surface area contributed by atoms with Crippen LogP contribution in [0.25, 0.3) is 0 Å². The number of benzene rings is 2. The number of carbonyl (C=O) groups is 2. The predicted molar refractivity (Wildman–Crippen MR) is 145 cm³/mol. The van der Waals surface area contributed by atoms with E-state index in [1.54, 1.807) is 37.3 Å². The molecule has 6 N–H and O–H groups in total. The quantitative estimate of drug-likeness (QED) is 0.0698. The molecule has 3 aromatic rings. The topological polar surface area (TPSA) is 161 Å². The predicted octanol–water partition coefficient (Wildman–Crippen LogP) is 4.32. The van der Waals surface area contributed by atoms with Gasteiger partial charge in [-0.25, -0.2) is 4.79 Å². The molecule has 11 nitrogen and oxygen atoms in total. The molecule has 1 heterocycles. The highest BCUT2D eigenvalue weighted by Crippen LogP contribution is 2.34. The molecular formula is C27H29F3N6O5. The van der Waals surface area contributed by atoms with Gasteiger partial charge in [0.05, 0.1) is 24.0 Å². The van der Waals surface area contributed by atoms with E-state index in [2.05, 4.69) is 25.9 Å². The number of hydrogen-bond donors (Lipinski definition) is 5. The van der Waals surface area contributed by atoms with E-state index in [1.165, 1.54) is 24.5 Å². The Hall–Kier alpha value is -5.01. The molecule has 0 aliphatic heterocycles. The molecule has 0 aliphatic rings. The molecule has 218 valence electrons.